The number of hydrogen-bond donors (Lipinski definition) is 3. The van der Waals surface area contributed by atoms with Gasteiger partial charge in [-0.3, -0.25) is 9.59 Å². The van der Waals surface area contributed by atoms with Gasteiger partial charge in [0.1, 0.15) is 0 Å². The van der Waals surface area contributed by atoms with Crippen molar-refractivity contribution in [3.63, 3.8) is 0 Å². The smallest absolute Gasteiger partial charge is 0.252 e. The van der Waals surface area contributed by atoms with E-state index >= 15 is 0 Å². The second-order valence-electron chi connectivity index (χ2n) is 3.68. The minimum Gasteiger partial charge on any atom is -0.396 e. The number of carbonyl (C=O) groups is 1. The Labute approximate surface area is 93.5 Å². The summed E-state index contributed by atoms with van der Waals surface area (Å²) in [6.45, 7) is 2.00. The number of aliphatic hydroxyl groups excluding tert-OH is 1. The highest BCUT2D eigenvalue weighted by molar-refractivity contribution is 5.93. The van der Waals surface area contributed by atoms with E-state index in [1.807, 2.05) is 6.92 Å². The first kappa shape index (κ1) is 12.4. The van der Waals surface area contributed by atoms with E-state index in [1.165, 1.54) is 18.3 Å². The average molecular weight is 224 g/mol. The van der Waals surface area contributed by atoms with Crippen molar-refractivity contribution in [2.75, 3.05) is 6.61 Å². The number of hydrogen-bond acceptors (Lipinski definition) is 3. The predicted molar refractivity (Wildman–Crippen MR) is 60.3 cm³/mol. The van der Waals surface area contributed by atoms with Gasteiger partial charge in [0.05, 0.1) is 5.56 Å². The second kappa shape index (κ2) is 6.07. The van der Waals surface area contributed by atoms with Crippen molar-refractivity contribution in [1.29, 1.82) is 0 Å². The summed E-state index contributed by atoms with van der Waals surface area (Å²) in [4.78, 5) is 24.9. The summed E-state index contributed by atoms with van der Waals surface area (Å²) in [5.74, 6) is -0.221. The van der Waals surface area contributed by atoms with E-state index in [1.54, 1.807) is 0 Å². The third-order valence-electron chi connectivity index (χ3n) is 2.22. The van der Waals surface area contributed by atoms with E-state index in [0.29, 0.717) is 12.0 Å². The van der Waals surface area contributed by atoms with Crippen LogP contribution in [0.4, 0.5) is 0 Å². The molecule has 88 valence electrons. The minimum absolute atomic E-state index is 0.00609. The highest BCUT2D eigenvalue weighted by Crippen LogP contribution is 1.99. The Morgan fingerprint density at radius 1 is 1.56 bits per heavy atom. The van der Waals surface area contributed by atoms with Gasteiger partial charge < -0.3 is 15.4 Å². The van der Waals surface area contributed by atoms with E-state index in [0.717, 1.165) is 6.42 Å². The second-order valence-corrected chi connectivity index (χ2v) is 3.68. The van der Waals surface area contributed by atoms with Gasteiger partial charge in [-0.1, -0.05) is 0 Å². The first-order chi connectivity index (χ1) is 7.63. The lowest BCUT2D eigenvalue weighted by atomic mass is 10.1. The first-order valence-electron chi connectivity index (χ1n) is 5.24. The number of amides is 1. The van der Waals surface area contributed by atoms with Crippen LogP contribution in [-0.2, 0) is 0 Å². The topological polar surface area (TPSA) is 82.2 Å². The summed E-state index contributed by atoms with van der Waals surface area (Å²) in [5.41, 5.74) is 0.195. The largest absolute Gasteiger partial charge is 0.396 e. The number of nitrogens with one attached hydrogen (secondary N) is 2. The Morgan fingerprint density at radius 2 is 2.31 bits per heavy atom. The van der Waals surface area contributed by atoms with Crippen molar-refractivity contribution >= 4 is 5.91 Å². The number of carbonyl (C=O) groups excluding carboxylic acids is 1. The van der Waals surface area contributed by atoms with Gasteiger partial charge in [-0.2, -0.15) is 0 Å². The van der Waals surface area contributed by atoms with Gasteiger partial charge in [0.25, 0.3) is 5.91 Å². The highest BCUT2D eigenvalue weighted by Gasteiger charge is 2.08. The van der Waals surface area contributed by atoms with Crippen LogP contribution in [0.1, 0.15) is 30.1 Å². The third kappa shape index (κ3) is 3.86. The molecule has 1 aromatic heterocycles. The minimum atomic E-state index is -0.232. The molecule has 5 heteroatoms. The zero-order valence-electron chi connectivity index (χ0n) is 9.19. The molecular formula is C11H16N2O3. The molecule has 0 saturated carbocycles. The fraction of sp³-hybridized carbons (Fsp3) is 0.455. The molecule has 0 spiro atoms. The molecule has 16 heavy (non-hydrogen) atoms. The van der Waals surface area contributed by atoms with Gasteiger partial charge in [0.2, 0.25) is 5.56 Å². The lowest BCUT2D eigenvalue weighted by Gasteiger charge is -2.12. The number of pyridine rings is 1. The van der Waals surface area contributed by atoms with Gasteiger partial charge in [0, 0.05) is 24.9 Å². The summed E-state index contributed by atoms with van der Waals surface area (Å²) in [7, 11) is 0. The van der Waals surface area contributed by atoms with Crippen molar-refractivity contribution in [1.82, 2.24) is 10.3 Å². The van der Waals surface area contributed by atoms with Crippen LogP contribution in [0.5, 0.6) is 0 Å². The first-order valence-corrected chi connectivity index (χ1v) is 5.24. The van der Waals surface area contributed by atoms with E-state index in [2.05, 4.69) is 10.3 Å². The van der Waals surface area contributed by atoms with Crippen molar-refractivity contribution in [2.24, 2.45) is 0 Å². The summed E-state index contributed by atoms with van der Waals surface area (Å²) >= 11 is 0. The van der Waals surface area contributed by atoms with Gasteiger partial charge in [-0.25, -0.2) is 0 Å². The van der Waals surface area contributed by atoms with Crippen molar-refractivity contribution < 1.29 is 9.90 Å². The number of aromatic nitrogens is 1. The lowest BCUT2D eigenvalue weighted by molar-refractivity contribution is 0.0936. The molecule has 0 aliphatic heterocycles. The molecule has 1 heterocycles. The summed E-state index contributed by atoms with van der Waals surface area (Å²) in [6.07, 6.45) is 2.77. The average Bonchev–Trinajstić information content (AvgIpc) is 2.27. The molecule has 1 unspecified atom stereocenters. The molecule has 5 nitrogen and oxygen atoms in total. The van der Waals surface area contributed by atoms with Crippen LogP contribution in [0.15, 0.2) is 23.1 Å². The summed E-state index contributed by atoms with van der Waals surface area (Å²) in [5, 5.41) is 11.4. The van der Waals surface area contributed by atoms with Crippen molar-refractivity contribution in [2.45, 2.75) is 25.8 Å². The van der Waals surface area contributed by atoms with Gasteiger partial charge in [0.15, 0.2) is 0 Å². The standard InChI is InChI=1S/C11H16N2O3/c1-8(3-2-6-14)13-11(16)9-4-5-10(15)12-7-9/h4-5,7-8,14H,2-3,6H2,1H3,(H,12,15)(H,13,16). The molecule has 0 radical (unpaired) electrons. The van der Waals surface area contributed by atoms with E-state index < -0.39 is 0 Å². The molecule has 1 aromatic rings. The van der Waals surface area contributed by atoms with Crippen LogP contribution in [-0.4, -0.2) is 28.6 Å². The maximum absolute atomic E-state index is 11.6. The fourth-order valence-electron chi connectivity index (χ4n) is 1.33. The van der Waals surface area contributed by atoms with Crippen LogP contribution in [0.25, 0.3) is 0 Å². The van der Waals surface area contributed by atoms with Crippen molar-refractivity contribution in [3.8, 4) is 0 Å². The molecule has 3 N–H and O–H groups in total. The van der Waals surface area contributed by atoms with Crippen LogP contribution >= 0.6 is 0 Å². The molecule has 0 aliphatic carbocycles. The third-order valence-corrected chi connectivity index (χ3v) is 2.22. The molecule has 0 aromatic carbocycles. The molecule has 1 atom stereocenters. The summed E-state index contributed by atoms with van der Waals surface area (Å²) in [6, 6.07) is 2.80. The number of aromatic amines is 1. The van der Waals surface area contributed by atoms with E-state index in [4.69, 9.17) is 5.11 Å². The number of rotatable bonds is 5. The predicted octanol–water partition coefficient (Wildman–Crippen LogP) is 0.266. The van der Waals surface area contributed by atoms with Crippen molar-refractivity contribution in [3.05, 3.63) is 34.2 Å². The monoisotopic (exact) mass is 224 g/mol. The number of H-pyrrole nitrogens is 1. The SMILES string of the molecule is CC(CCCO)NC(=O)c1ccc(=O)[nH]c1. The molecule has 1 rings (SSSR count). The van der Waals surface area contributed by atoms with Crippen LogP contribution in [0.3, 0.4) is 0 Å². The van der Waals surface area contributed by atoms with Crippen LogP contribution < -0.4 is 10.9 Å². The fourth-order valence-corrected chi connectivity index (χ4v) is 1.33. The molecule has 0 bridgehead atoms. The quantitative estimate of drug-likeness (QED) is 0.671. The normalized spacial score (nSPS) is 12.1. The number of aliphatic hydroxyl groups is 1. The lowest BCUT2D eigenvalue weighted by Crippen LogP contribution is -2.33. The van der Waals surface area contributed by atoms with Crippen LogP contribution in [0.2, 0.25) is 0 Å². The molecule has 0 fully saturated rings. The zero-order chi connectivity index (χ0) is 12.0. The Morgan fingerprint density at radius 3 is 2.88 bits per heavy atom. The van der Waals surface area contributed by atoms with Gasteiger partial charge in [-0.15, -0.1) is 0 Å². The Kier molecular flexibility index (Phi) is 4.72. The Balaban J connectivity index is 2.52. The molecular weight excluding hydrogens is 208 g/mol. The molecule has 0 saturated heterocycles. The Hall–Kier alpha value is -1.62. The summed E-state index contributed by atoms with van der Waals surface area (Å²) < 4.78 is 0. The molecule has 1 amide bonds. The highest BCUT2D eigenvalue weighted by atomic mass is 16.3. The zero-order valence-corrected chi connectivity index (χ0v) is 9.19. The van der Waals surface area contributed by atoms with Gasteiger partial charge >= 0.3 is 0 Å². The maximum atomic E-state index is 11.6. The van der Waals surface area contributed by atoms with E-state index in [9.17, 15) is 9.59 Å². The Bertz CT molecular complexity index is 380. The van der Waals surface area contributed by atoms with Gasteiger partial charge in [-0.05, 0) is 25.8 Å². The maximum Gasteiger partial charge on any atom is 0.252 e. The molecule has 0 aliphatic rings. The van der Waals surface area contributed by atoms with Crippen LogP contribution in [0, 0.1) is 0 Å². The van der Waals surface area contributed by atoms with E-state index in [-0.39, 0.29) is 24.1 Å².